The molecule has 1 atom stereocenters. The minimum absolute atomic E-state index is 0.178. The summed E-state index contributed by atoms with van der Waals surface area (Å²) in [4.78, 5) is 3.47. The number of H-pyrrole nitrogens is 1. The van der Waals surface area contributed by atoms with Gasteiger partial charge in [-0.25, -0.2) is 0 Å². The van der Waals surface area contributed by atoms with E-state index in [0.717, 1.165) is 12.8 Å². The fraction of sp³-hybridized carbons (Fsp3) is 0.217. The summed E-state index contributed by atoms with van der Waals surface area (Å²) in [6.07, 6.45) is 3.86. The van der Waals surface area contributed by atoms with Gasteiger partial charge in [-0.1, -0.05) is 67.6 Å². The van der Waals surface area contributed by atoms with Crippen molar-refractivity contribution in [3.63, 3.8) is 0 Å². The number of aromatic amines is 1. The lowest BCUT2D eigenvalue weighted by atomic mass is 9.87. The van der Waals surface area contributed by atoms with Gasteiger partial charge in [-0.3, -0.25) is 0 Å². The van der Waals surface area contributed by atoms with Gasteiger partial charge >= 0.3 is 0 Å². The summed E-state index contributed by atoms with van der Waals surface area (Å²) in [5.74, 6) is 0.190. The average molecular weight is 329 g/mol. The van der Waals surface area contributed by atoms with E-state index in [2.05, 4.69) is 78.8 Å². The Hall–Kier alpha value is -2.58. The first-order chi connectivity index (χ1) is 12.3. The molecule has 25 heavy (non-hydrogen) atoms. The molecule has 2 nitrogen and oxygen atoms in total. The van der Waals surface area contributed by atoms with Gasteiger partial charge in [0.05, 0.1) is 0 Å². The van der Waals surface area contributed by atoms with Crippen LogP contribution in [0.25, 0.3) is 21.7 Å². The summed E-state index contributed by atoms with van der Waals surface area (Å²) in [5, 5.41) is 13.4. The summed E-state index contributed by atoms with van der Waals surface area (Å²) < 4.78 is 0. The number of aryl methyl sites for hydroxylation is 1. The van der Waals surface area contributed by atoms with Gasteiger partial charge in [0, 0.05) is 29.6 Å². The molecule has 4 rings (SSSR count). The van der Waals surface area contributed by atoms with Crippen LogP contribution in [0.1, 0.15) is 36.0 Å². The van der Waals surface area contributed by atoms with Crippen LogP contribution >= 0.6 is 0 Å². The maximum absolute atomic E-state index is 9.67. The molecule has 0 bridgehead atoms. The average Bonchev–Trinajstić information content (AvgIpc) is 3.09. The molecular weight excluding hydrogens is 306 g/mol. The predicted octanol–water partition coefficient (Wildman–Crippen LogP) is 5.40. The molecule has 0 aliphatic heterocycles. The van der Waals surface area contributed by atoms with Gasteiger partial charge in [0.25, 0.3) is 0 Å². The maximum Gasteiger partial charge on any atom is 0.0489 e. The maximum atomic E-state index is 9.67. The van der Waals surface area contributed by atoms with Gasteiger partial charge in [0.1, 0.15) is 0 Å². The van der Waals surface area contributed by atoms with E-state index in [1.165, 1.54) is 38.4 Å². The molecule has 1 aromatic heterocycles. The van der Waals surface area contributed by atoms with E-state index in [4.69, 9.17) is 0 Å². The Balaban J connectivity index is 1.86. The minimum atomic E-state index is 0.178. The summed E-state index contributed by atoms with van der Waals surface area (Å²) in [6.45, 7) is 2.36. The number of aliphatic hydroxyl groups excluding tert-OH is 1. The van der Waals surface area contributed by atoms with Crippen molar-refractivity contribution in [1.29, 1.82) is 0 Å². The predicted molar refractivity (Wildman–Crippen MR) is 105 cm³/mol. The fourth-order valence-corrected chi connectivity index (χ4v) is 3.88. The van der Waals surface area contributed by atoms with Crippen LogP contribution in [0.4, 0.5) is 0 Å². The van der Waals surface area contributed by atoms with Gasteiger partial charge < -0.3 is 10.1 Å². The normalized spacial score (nSPS) is 12.7. The highest BCUT2D eigenvalue weighted by Gasteiger charge is 2.18. The standard InChI is InChI=1S/C23H23NO/c1-2-16-8-5-9-21-22(15-24-23(16)21)20(12-13-25)19-11-10-17-6-3-4-7-18(17)14-19/h3-11,14-15,20,24-25H,2,12-13H2,1H3. The zero-order valence-corrected chi connectivity index (χ0v) is 14.5. The molecule has 126 valence electrons. The second kappa shape index (κ2) is 6.73. The molecule has 3 aromatic carbocycles. The van der Waals surface area contributed by atoms with Crippen LogP contribution in [0, 0.1) is 0 Å². The number of para-hydroxylation sites is 1. The SMILES string of the molecule is CCc1cccc2c(C(CCO)c3ccc4ccccc4c3)c[nH]c12. The molecule has 0 spiro atoms. The number of aromatic nitrogens is 1. The molecule has 4 aromatic rings. The van der Waals surface area contributed by atoms with Gasteiger partial charge in [-0.2, -0.15) is 0 Å². The second-order valence-electron chi connectivity index (χ2n) is 6.61. The fourth-order valence-electron chi connectivity index (χ4n) is 3.88. The van der Waals surface area contributed by atoms with Crippen molar-refractivity contribution in [2.45, 2.75) is 25.7 Å². The molecule has 0 saturated heterocycles. The third-order valence-electron chi connectivity index (χ3n) is 5.18. The van der Waals surface area contributed by atoms with Crippen LogP contribution in [0.15, 0.2) is 66.9 Å². The van der Waals surface area contributed by atoms with Crippen molar-refractivity contribution >= 4 is 21.7 Å². The molecule has 0 aliphatic carbocycles. The van der Waals surface area contributed by atoms with Crippen molar-refractivity contribution in [3.8, 4) is 0 Å². The molecule has 0 saturated carbocycles. The molecule has 1 unspecified atom stereocenters. The lowest BCUT2D eigenvalue weighted by molar-refractivity contribution is 0.282. The number of hydrogen-bond donors (Lipinski definition) is 2. The number of benzene rings is 3. The first-order valence-electron chi connectivity index (χ1n) is 9.00. The van der Waals surface area contributed by atoms with Crippen molar-refractivity contribution < 1.29 is 5.11 Å². The van der Waals surface area contributed by atoms with Gasteiger partial charge in [-0.05, 0) is 40.3 Å². The lowest BCUT2D eigenvalue weighted by Crippen LogP contribution is -2.03. The van der Waals surface area contributed by atoms with Crippen molar-refractivity contribution in [3.05, 3.63) is 83.6 Å². The highest BCUT2D eigenvalue weighted by molar-refractivity contribution is 5.88. The van der Waals surface area contributed by atoms with E-state index >= 15 is 0 Å². The van der Waals surface area contributed by atoms with Crippen LogP contribution in [-0.2, 0) is 6.42 Å². The number of hydrogen-bond acceptors (Lipinski definition) is 1. The molecule has 0 amide bonds. The Morgan fingerprint density at radius 2 is 1.80 bits per heavy atom. The topological polar surface area (TPSA) is 36.0 Å². The van der Waals surface area contributed by atoms with Crippen LogP contribution < -0.4 is 0 Å². The third-order valence-corrected chi connectivity index (χ3v) is 5.18. The van der Waals surface area contributed by atoms with Gasteiger partial charge in [0.15, 0.2) is 0 Å². The second-order valence-corrected chi connectivity index (χ2v) is 6.61. The number of rotatable bonds is 5. The summed E-state index contributed by atoms with van der Waals surface area (Å²) in [5.41, 5.74) is 5.10. The molecule has 0 aliphatic rings. The minimum Gasteiger partial charge on any atom is -0.396 e. The number of fused-ring (bicyclic) bond motifs is 2. The van der Waals surface area contributed by atoms with E-state index in [9.17, 15) is 5.11 Å². The molecule has 0 radical (unpaired) electrons. The molecular formula is C23H23NO. The van der Waals surface area contributed by atoms with E-state index in [-0.39, 0.29) is 12.5 Å². The Labute approximate surface area is 148 Å². The lowest BCUT2D eigenvalue weighted by Gasteiger charge is -2.17. The smallest absolute Gasteiger partial charge is 0.0489 e. The summed E-state index contributed by atoms with van der Waals surface area (Å²) in [7, 11) is 0. The Kier molecular flexibility index (Phi) is 4.29. The Morgan fingerprint density at radius 1 is 0.960 bits per heavy atom. The zero-order chi connectivity index (χ0) is 17.2. The van der Waals surface area contributed by atoms with Crippen molar-refractivity contribution in [1.82, 2.24) is 4.98 Å². The third kappa shape index (κ3) is 2.83. The van der Waals surface area contributed by atoms with E-state index in [1.807, 2.05) is 0 Å². The first kappa shape index (κ1) is 15.9. The summed E-state index contributed by atoms with van der Waals surface area (Å²) in [6, 6.07) is 21.6. The summed E-state index contributed by atoms with van der Waals surface area (Å²) >= 11 is 0. The molecule has 2 heteroatoms. The number of nitrogens with one attached hydrogen (secondary N) is 1. The van der Waals surface area contributed by atoms with E-state index in [1.54, 1.807) is 0 Å². The van der Waals surface area contributed by atoms with Crippen LogP contribution in [0.3, 0.4) is 0 Å². The highest BCUT2D eigenvalue weighted by Crippen LogP contribution is 2.35. The largest absolute Gasteiger partial charge is 0.396 e. The van der Waals surface area contributed by atoms with Crippen molar-refractivity contribution in [2.75, 3.05) is 6.61 Å². The Bertz CT molecular complexity index is 1010. The Morgan fingerprint density at radius 3 is 2.60 bits per heavy atom. The van der Waals surface area contributed by atoms with Crippen LogP contribution in [-0.4, -0.2) is 16.7 Å². The number of aliphatic hydroxyl groups is 1. The quantitative estimate of drug-likeness (QED) is 0.505. The van der Waals surface area contributed by atoms with E-state index < -0.39 is 0 Å². The molecule has 0 fully saturated rings. The van der Waals surface area contributed by atoms with Gasteiger partial charge in [0.2, 0.25) is 0 Å². The zero-order valence-electron chi connectivity index (χ0n) is 14.5. The van der Waals surface area contributed by atoms with Gasteiger partial charge in [-0.15, -0.1) is 0 Å². The highest BCUT2D eigenvalue weighted by atomic mass is 16.3. The van der Waals surface area contributed by atoms with E-state index in [0.29, 0.717) is 0 Å². The van der Waals surface area contributed by atoms with Crippen molar-refractivity contribution in [2.24, 2.45) is 0 Å². The monoisotopic (exact) mass is 329 g/mol. The van der Waals surface area contributed by atoms with Crippen LogP contribution in [0.2, 0.25) is 0 Å². The molecule has 2 N–H and O–H groups in total. The molecule has 1 heterocycles. The van der Waals surface area contributed by atoms with Crippen LogP contribution in [0.5, 0.6) is 0 Å². The first-order valence-corrected chi connectivity index (χ1v) is 9.00.